The average molecular weight is 263 g/mol. The van der Waals surface area contributed by atoms with Gasteiger partial charge in [0.1, 0.15) is 6.33 Å². The Kier molecular flexibility index (Phi) is 3.91. The normalized spacial score (nSPS) is 10.5. The zero-order chi connectivity index (χ0) is 13.8. The van der Waals surface area contributed by atoms with Crippen LogP contribution in [0.15, 0.2) is 6.33 Å². The molecule has 2 rings (SSSR count). The number of aromatic nitrogens is 5. The quantitative estimate of drug-likeness (QED) is 0.605. The summed E-state index contributed by atoms with van der Waals surface area (Å²) in [6, 6.07) is 0.241. The van der Waals surface area contributed by atoms with Gasteiger partial charge in [0, 0.05) is 5.69 Å². The molecule has 19 heavy (non-hydrogen) atoms. The van der Waals surface area contributed by atoms with Crippen LogP contribution in [0.3, 0.4) is 0 Å². The van der Waals surface area contributed by atoms with Crippen molar-refractivity contribution in [3.05, 3.63) is 17.7 Å². The van der Waals surface area contributed by atoms with E-state index in [4.69, 9.17) is 10.6 Å². The molecule has 0 aromatic carbocycles. The molecule has 0 atom stereocenters. The maximum atomic E-state index is 5.41. The third kappa shape index (κ3) is 2.79. The molecule has 8 heteroatoms. The van der Waals surface area contributed by atoms with E-state index in [9.17, 15) is 0 Å². The summed E-state index contributed by atoms with van der Waals surface area (Å²) in [6.07, 6.45) is 2.53. The highest BCUT2D eigenvalue weighted by atomic mass is 16.5. The lowest BCUT2D eigenvalue weighted by Crippen LogP contribution is -2.15. The SMILES string of the molecule is CCCOc1nc(NN)nc(-n2cnc(C)c2C)n1. The first kappa shape index (κ1) is 13.2. The first-order valence-electron chi connectivity index (χ1n) is 6.02. The van der Waals surface area contributed by atoms with E-state index in [0.717, 1.165) is 17.8 Å². The summed E-state index contributed by atoms with van der Waals surface area (Å²) in [5.74, 6) is 6.03. The Hall–Kier alpha value is -2.22. The number of ether oxygens (including phenoxy) is 1. The van der Waals surface area contributed by atoms with Gasteiger partial charge in [-0.2, -0.15) is 15.0 Å². The molecule has 2 aromatic rings. The molecule has 2 heterocycles. The largest absolute Gasteiger partial charge is 0.463 e. The number of nitrogens with zero attached hydrogens (tertiary/aromatic N) is 5. The average Bonchev–Trinajstić information content (AvgIpc) is 2.76. The fourth-order valence-corrected chi connectivity index (χ4v) is 1.48. The van der Waals surface area contributed by atoms with Gasteiger partial charge in [0.2, 0.25) is 11.9 Å². The Morgan fingerprint density at radius 1 is 1.32 bits per heavy atom. The number of rotatable bonds is 5. The fraction of sp³-hybridized carbons (Fsp3) is 0.455. The summed E-state index contributed by atoms with van der Waals surface area (Å²) in [5, 5.41) is 0. The summed E-state index contributed by atoms with van der Waals surface area (Å²) in [4.78, 5) is 16.7. The van der Waals surface area contributed by atoms with Crippen LogP contribution >= 0.6 is 0 Å². The molecule has 102 valence electrons. The van der Waals surface area contributed by atoms with Crippen molar-refractivity contribution in [1.29, 1.82) is 0 Å². The van der Waals surface area contributed by atoms with Gasteiger partial charge in [-0.15, -0.1) is 0 Å². The summed E-state index contributed by atoms with van der Waals surface area (Å²) in [6.45, 7) is 6.40. The van der Waals surface area contributed by atoms with Crippen LogP contribution in [0, 0.1) is 13.8 Å². The van der Waals surface area contributed by atoms with Crippen molar-refractivity contribution >= 4 is 5.95 Å². The lowest BCUT2D eigenvalue weighted by molar-refractivity contribution is 0.291. The molecule has 8 nitrogen and oxygen atoms in total. The van der Waals surface area contributed by atoms with Crippen molar-refractivity contribution in [3.63, 3.8) is 0 Å². The van der Waals surface area contributed by atoms with Gasteiger partial charge >= 0.3 is 6.01 Å². The second-order valence-electron chi connectivity index (χ2n) is 4.02. The van der Waals surface area contributed by atoms with Gasteiger partial charge < -0.3 is 4.74 Å². The fourth-order valence-electron chi connectivity index (χ4n) is 1.48. The number of aryl methyl sites for hydroxylation is 1. The molecule has 0 fully saturated rings. The number of nitrogens with two attached hydrogens (primary N) is 1. The Balaban J connectivity index is 2.41. The molecule has 0 aliphatic carbocycles. The highest BCUT2D eigenvalue weighted by molar-refractivity contribution is 5.30. The summed E-state index contributed by atoms with van der Waals surface area (Å²) in [5.41, 5.74) is 4.27. The van der Waals surface area contributed by atoms with Crippen LogP contribution in [0.5, 0.6) is 6.01 Å². The van der Waals surface area contributed by atoms with E-state index in [2.05, 4.69) is 25.4 Å². The lowest BCUT2D eigenvalue weighted by atomic mass is 10.4. The number of nitrogens with one attached hydrogen (secondary N) is 1. The third-order valence-electron chi connectivity index (χ3n) is 2.63. The molecular weight excluding hydrogens is 246 g/mol. The first-order valence-corrected chi connectivity index (χ1v) is 6.02. The van der Waals surface area contributed by atoms with E-state index >= 15 is 0 Å². The highest BCUT2D eigenvalue weighted by Gasteiger charge is 2.11. The first-order chi connectivity index (χ1) is 9.15. The lowest BCUT2D eigenvalue weighted by Gasteiger charge is -2.08. The molecule has 2 aromatic heterocycles. The van der Waals surface area contributed by atoms with Crippen LogP contribution in [0.4, 0.5) is 5.95 Å². The van der Waals surface area contributed by atoms with Gasteiger partial charge in [0.25, 0.3) is 0 Å². The van der Waals surface area contributed by atoms with Crippen molar-refractivity contribution < 1.29 is 4.74 Å². The summed E-state index contributed by atoms with van der Waals surface area (Å²) >= 11 is 0. The molecule has 0 aliphatic heterocycles. The standard InChI is InChI=1S/C11H17N7O/c1-4-5-19-11-15-9(17-12)14-10(16-11)18-6-13-7(2)8(18)3/h6H,4-5,12H2,1-3H3,(H,14,15,16,17). The van der Waals surface area contributed by atoms with Crippen LogP contribution < -0.4 is 16.0 Å². The Labute approximate surface area is 111 Å². The number of imidazole rings is 1. The van der Waals surface area contributed by atoms with Crippen LogP contribution in [-0.4, -0.2) is 31.1 Å². The Bertz CT molecular complexity index is 566. The topological polar surface area (TPSA) is 104 Å². The maximum Gasteiger partial charge on any atom is 0.323 e. The number of hydrazine groups is 1. The Morgan fingerprint density at radius 2 is 2.11 bits per heavy atom. The van der Waals surface area contributed by atoms with E-state index in [1.54, 1.807) is 10.9 Å². The molecule has 0 saturated carbocycles. The molecule has 0 amide bonds. The van der Waals surface area contributed by atoms with Gasteiger partial charge in [0.05, 0.1) is 12.3 Å². The van der Waals surface area contributed by atoms with Gasteiger partial charge in [-0.1, -0.05) is 6.92 Å². The van der Waals surface area contributed by atoms with Crippen molar-refractivity contribution in [3.8, 4) is 12.0 Å². The van der Waals surface area contributed by atoms with Crippen molar-refractivity contribution in [2.24, 2.45) is 5.84 Å². The van der Waals surface area contributed by atoms with Crippen molar-refractivity contribution in [2.75, 3.05) is 12.0 Å². The third-order valence-corrected chi connectivity index (χ3v) is 2.63. The zero-order valence-corrected chi connectivity index (χ0v) is 11.2. The molecule has 0 bridgehead atoms. The minimum absolute atomic E-state index is 0.241. The molecule has 0 unspecified atom stereocenters. The van der Waals surface area contributed by atoms with E-state index in [0.29, 0.717) is 12.6 Å². The van der Waals surface area contributed by atoms with Gasteiger partial charge in [0.15, 0.2) is 0 Å². The predicted molar refractivity (Wildman–Crippen MR) is 70.0 cm³/mol. The number of anilines is 1. The van der Waals surface area contributed by atoms with Crippen LogP contribution in [0.25, 0.3) is 5.95 Å². The molecular formula is C11H17N7O. The second kappa shape index (κ2) is 5.61. The molecule has 3 N–H and O–H groups in total. The van der Waals surface area contributed by atoms with Crippen LogP contribution in [0.2, 0.25) is 0 Å². The molecule has 0 spiro atoms. The minimum Gasteiger partial charge on any atom is -0.463 e. The second-order valence-corrected chi connectivity index (χ2v) is 4.02. The van der Waals surface area contributed by atoms with E-state index in [-0.39, 0.29) is 12.0 Å². The number of hydrogen-bond donors (Lipinski definition) is 2. The van der Waals surface area contributed by atoms with Gasteiger partial charge in [-0.3, -0.25) is 9.99 Å². The monoisotopic (exact) mass is 263 g/mol. The molecule has 0 saturated heterocycles. The molecule has 0 aliphatic rings. The summed E-state index contributed by atoms with van der Waals surface area (Å²) < 4.78 is 7.18. The van der Waals surface area contributed by atoms with Crippen molar-refractivity contribution in [2.45, 2.75) is 27.2 Å². The molecule has 0 radical (unpaired) electrons. The highest BCUT2D eigenvalue weighted by Crippen LogP contribution is 2.14. The minimum atomic E-state index is 0.241. The predicted octanol–water partition coefficient (Wildman–Crippen LogP) is 0.749. The maximum absolute atomic E-state index is 5.41. The smallest absolute Gasteiger partial charge is 0.323 e. The van der Waals surface area contributed by atoms with Crippen molar-refractivity contribution in [1.82, 2.24) is 24.5 Å². The van der Waals surface area contributed by atoms with Crippen LogP contribution in [0.1, 0.15) is 24.7 Å². The van der Waals surface area contributed by atoms with E-state index in [1.165, 1.54) is 0 Å². The number of nitrogen functional groups attached to an aromatic ring is 1. The zero-order valence-electron chi connectivity index (χ0n) is 11.2. The van der Waals surface area contributed by atoms with Gasteiger partial charge in [-0.05, 0) is 20.3 Å². The van der Waals surface area contributed by atoms with E-state index in [1.807, 2.05) is 20.8 Å². The van der Waals surface area contributed by atoms with E-state index < -0.39 is 0 Å². The van der Waals surface area contributed by atoms with Crippen LogP contribution in [-0.2, 0) is 0 Å². The number of hydrogen-bond acceptors (Lipinski definition) is 7. The van der Waals surface area contributed by atoms with Gasteiger partial charge in [-0.25, -0.2) is 10.8 Å². The summed E-state index contributed by atoms with van der Waals surface area (Å²) in [7, 11) is 0. The Morgan fingerprint density at radius 3 is 2.68 bits per heavy atom.